The average molecular weight is 228 g/mol. The van der Waals surface area contributed by atoms with Crippen molar-refractivity contribution in [1.82, 2.24) is 0 Å². The lowest BCUT2D eigenvalue weighted by atomic mass is 10.3. The van der Waals surface area contributed by atoms with Crippen LogP contribution in [-0.4, -0.2) is 32.3 Å². The third kappa shape index (κ3) is 5.85. The molecule has 0 fully saturated rings. The fraction of sp³-hybridized carbons (Fsp3) is 0.455. The fourth-order valence-corrected chi connectivity index (χ4v) is 0.699. The Morgan fingerprint density at radius 2 is 1.81 bits per heavy atom. The number of methoxy groups -OCH3 is 1. The highest BCUT2D eigenvalue weighted by Crippen LogP contribution is 1.96. The molecule has 90 valence electrons. The lowest BCUT2D eigenvalue weighted by molar-refractivity contribution is -0.140. The molecule has 0 rings (SSSR count). The third-order valence-corrected chi connectivity index (χ3v) is 1.55. The van der Waals surface area contributed by atoms with Gasteiger partial charge in [0, 0.05) is 5.57 Å². The molecule has 0 spiro atoms. The van der Waals surface area contributed by atoms with Crippen LogP contribution in [0, 0.1) is 0 Å². The molecule has 0 unspecified atom stereocenters. The Balaban J connectivity index is 3.72. The lowest BCUT2D eigenvalue weighted by Crippen LogP contribution is -2.10. The summed E-state index contributed by atoms with van der Waals surface area (Å²) < 4.78 is 14.2. The van der Waals surface area contributed by atoms with Gasteiger partial charge in [0.15, 0.2) is 0 Å². The van der Waals surface area contributed by atoms with Gasteiger partial charge in [0.25, 0.3) is 0 Å². The van der Waals surface area contributed by atoms with Crippen LogP contribution in [-0.2, 0) is 23.8 Å². The van der Waals surface area contributed by atoms with Crippen LogP contribution in [0.2, 0.25) is 0 Å². The minimum atomic E-state index is -0.461. The topological polar surface area (TPSA) is 61.8 Å². The highest BCUT2D eigenvalue weighted by atomic mass is 16.6. The van der Waals surface area contributed by atoms with E-state index >= 15 is 0 Å². The van der Waals surface area contributed by atoms with Gasteiger partial charge in [-0.25, -0.2) is 9.59 Å². The van der Waals surface area contributed by atoms with Crippen molar-refractivity contribution in [2.24, 2.45) is 0 Å². The predicted octanol–water partition coefficient (Wildman–Crippen LogP) is 1.20. The summed E-state index contributed by atoms with van der Waals surface area (Å²) in [7, 11) is 1.29. The normalized spacial score (nSPS) is 10.6. The van der Waals surface area contributed by atoms with E-state index < -0.39 is 11.9 Å². The van der Waals surface area contributed by atoms with E-state index in [1.165, 1.54) is 13.4 Å². The molecular formula is C11H16O5. The van der Waals surface area contributed by atoms with Crippen molar-refractivity contribution in [2.75, 3.05) is 20.3 Å². The standard InChI is InChI=1S/C11H16O5/c1-8(2)10(12)16-6-5-15-7-9(3)11(13)14-4/h7H,1,5-6H2,2-4H3. The maximum atomic E-state index is 10.9. The van der Waals surface area contributed by atoms with E-state index in [0.717, 1.165) is 0 Å². The van der Waals surface area contributed by atoms with Crippen LogP contribution in [0.5, 0.6) is 0 Å². The first-order valence-corrected chi connectivity index (χ1v) is 4.68. The molecular weight excluding hydrogens is 212 g/mol. The van der Waals surface area contributed by atoms with Crippen LogP contribution in [0.3, 0.4) is 0 Å². The second kappa shape index (κ2) is 7.50. The van der Waals surface area contributed by atoms with Gasteiger partial charge in [0.1, 0.15) is 13.2 Å². The minimum Gasteiger partial charge on any atom is -0.497 e. The molecule has 0 radical (unpaired) electrons. The summed E-state index contributed by atoms with van der Waals surface area (Å²) in [5.74, 6) is -0.920. The molecule has 0 heterocycles. The summed E-state index contributed by atoms with van der Waals surface area (Å²) in [6.45, 7) is 6.83. The number of carbonyl (C=O) groups excluding carboxylic acids is 2. The highest BCUT2D eigenvalue weighted by Gasteiger charge is 2.03. The summed E-state index contributed by atoms with van der Waals surface area (Å²) in [4.78, 5) is 21.8. The number of carbonyl (C=O) groups is 2. The van der Waals surface area contributed by atoms with Crippen LogP contribution in [0.25, 0.3) is 0 Å². The summed E-state index contributed by atoms with van der Waals surface area (Å²) in [5.41, 5.74) is 0.676. The SMILES string of the molecule is C=C(C)C(=O)OCCOC=C(C)C(=O)OC. The molecule has 0 aromatic heterocycles. The van der Waals surface area contributed by atoms with Crippen molar-refractivity contribution in [3.05, 3.63) is 24.0 Å². The molecule has 0 aromatic carbocycles. The van der Waals surface area contributed by atoms with Crippen LogP contribution in [0.1, 0.15) is 13.8 Å². The zero-order chi connectivity index (χ0) is 12.6. The summed E-state index contributed by atoms with van der Waals surface area (Å²) >= 11 is 0. The molecule has 0 N–H and O–H groups in total. The van der Waals surface area contributed by atoms with Crippen LogP contribution in [0.15, 0.2) is 24.0 Å². The number of ether oxygens (including phenoxy) is 3. The smallest absolute Gasteiger partial charge is 0.336 e. The van der Waals surface area contributed by atoms with E-state index in [0.29, 0.717) is 11.1 Å². The molecule has 0 bridgehead atoms. The van der Waals surface area contributed by atoms with E-state index in [1.54, 1.807) is 13.8 Å². The first-order valence-electron chi connectivity index (χ1n) is 4.68. The van der Waals surface area contributed by atoms with E-state index in [-0.39, 0.29) is 13.2 Å². The van der Waals surface area contributed by atoms with Gasteiger partial charge < -0.3 is 14.2 Å². The molecule has 0 saturated heterocycles. The molecule has 0 saturated carbocycles. The quantitative estimate of drug-likeness (QED) is 0.296. The first kappa shape index (κ1) is 14.2. The Morgan fingerprint density at radius 3 is 2.31 bits per heavy atom. The van der Waals surface area contributed by atoms with E-state index in [1.807, 2.05) is 0 Å². The van der Waals surface area contributed by atoms with Gasteiger partial charge in [-0.05, 0) is 13.8 Å². The van der Waals surface area contributed by atoms with Gasteiger partial charge in [-0.15, -0.1) is 0 Å². The van der Waals surface area contributed by atoms with E-state index in [9.17, 15) is 9.59 Å². The van der Waals surface area contributed by atoms with Gasteiger partial charge in [0.2, 0.25) is 0 Å². The Morgan fingerprint density at radius 1 is 1.19 bits per heavy atom. The Hall–Kier alpha value is -1.78. The van der Waals surface area contributed by atoms with Crippen molar-refractivity contribution < 1.29 is 23.8 Å². The number of esters is 2. The van der Waals surface area contributed by atoms with Gasteiger partial charge in [-0.3, -0.25) is 0 Å². The maximum absolute atomic E-state index is 10.9. The van der Waals surface area contributed by atoms with Gasteiger partial charge in [0.05, 0.1) is 18.9 Å². The molecule has 0 amide bonds. The second-order valence-electron chi connectivity index (χ2n) is 3.08. The summed E-state index contributed by atoms with van der Waals surface area (Å²) in [6.07, 6.45) is 1.26. The molecule has 16 heavy (non-hydrogen) atoms. The molecule has 5 heteroatoms. The molecule has 0 aliphatic heterocycles. The van der Waals surface area contributed by atoms with Crippen LogP contribution >= 0.6 is 0 Å². The predicted molar refractivity (Wildman–Crippen MR) is 57.5 cm³/mol. The Kier molecular flexibility index (Phi) is 6.67. The zero-order valence-electron chi connectivity index (χ0n) is 9.74. The van der Waals surface area contributed by atoms with Gasteiger partial charge >= 0.3 is 11.9 Å². The van der Waals surface area contributed by atoms with Gasteiger partial charge in [-0.1, -0.05) is 6.58 Å². The average Bonchev–Trinajstić information content (AvgIpc) is 2.26. The Labute approximate surface area is 94.7 Å². The first-order chi connectivity index (χ1) is 7.49. The largest absolute Gasteiger partial charge is 0.497 e. The van der Waals surface area contributed by atoms with Crippen LogP contribution < -0.4 is 0 Å². The van der Waals surface area contributed by atoms with Crippen molar-refractivity contribution in [3.8, 4) is 0 Å². The fourth-order valence-electron chi connectivity index (χ4n) is 0.699. The van der Waals surface area contributed by atoms with Crippen molar-refractivity contribution in [2.45, 2.75) is 13.8 Å². The minimum absolute atomic E-state index is 0.108. The van der Waals surface area contributed by atoms with E-state index in [4.69, 9.17) is 9.47 Å². The highest BCUT2D eigenvalue weighted by molar-refractivity contribution is 5.87. The molecule has 0 atom stereocenters. The molecule has 0 aliphatic rings. The van der Waals surface area contributed by atoms with E-state index in [2.05, 4.69) is 11.3 Å². The second-order valence-corrected chi connectivity index (χ2v) is 3.08. The number of hydrogen-bond donors (Lipinski definition) is 0. The van der Waals surface area contributed by atoms with Crippen molar-refractivity contribution in [3.63, 3.8) is 0 Å². The van der Waals surface area contributed by atoms with Crippen LogP contribution in [0.4, 0.5) is 0 Å². The molecule has 0 aromatic rings. The van der Waals surface area contributed by atoms with Crippen molar-refractivity contribution >= 4 is 11.9 Å². The Bertz CT molecular complexity index is 303. The van der Waals surface area contributed by atoms with Crippen molar-refractivity contribution in [1.29, 1.82) is 0 Å². The monoisotopic (exact) mass is 228 g/mol. The molecule has 0 aliphatic carbocycles. The molecule has 5 nitrogen and oxygen atoms in total. The van der Waals surface area contributed by atoms with Gasteiger partial charge in [-0.2, -0.15) is 0 Å². The number of rotatable bonds is 6. The summed E-state index contributed by atoms with van der Waals surface area (Å²) in [5, 5.41) is 0. The zero-order valence-corrected chi connectivity index (χ0v) is 9.74. The lowest BCUT2D eigenvalue weighted by Gasteiger charge is -2.04. The third-order valence-electron chi connectivity index (χ3n) is 1.55. The maximum Gasteiger partial charge on any atom is 0.336 e. The summed E-state index contributed by atoms with van der Waals surface area (Å²) in [6, 6.07) is 0. The number of hydrogen-bond acceptors (Lipinski definition) is 5.